The normalized spacial score (nSPS) is 15.2. The third-order valence-electron chi connectivity index (χ3n) is 1.67. The fraction of sp³-hybridized carbons (Fsp3) is 0.857. The van der Waals surface area contributed by atoms with Crippen molar-refractivity contribution in [3.63, 3.8) is 0 Å². The Bertz CT molecular complexity index is 326. The van der Waals surface area contributed by atoms with Crippen LogP contribution in [-0.2, 0) is 9.84 Å². The van der Waals surface area contributed by atoms with Crippen LogP contribution >= 0.6 is 0 Å². The Morgan fingerprint density at radius 3 is 2.00 bits per heavy atom. The van der Waals surface area contributed by atoms with Crippen LogP contribution in [0, 0.1) is 17.2 Å². The second kappa shape index (κ2) is 4.17. The van der Waals surface area contributed by atoms with E-state index in [0.29, 0.717) is 0 Å². The van der Waals surface area contributed by atoms with Crippen LogP contribution in [0.2, 0.25) is 0 Å². The summed E-state index contributed by atoms with van der Waals surface area (Å²) in [5.41, 5.74) is 0. The summed E-state index contributed by atoms with van der Waals surface area (Å²) in [6.07, 6.45) is -4.78. The molecule has 0 bridgehead atoms. The lowest BCUT2D eigenvalue weighted by molar-refractivity contribution is -0.153. The van der Waals surface area contributed by atoms with Crippen LogP contribution in [0.3, 0.4) is 0 Å². The molecule has 82 valence electrons. The standard InChI is InChI=1S/C7H10F3NO2S/c1-5(2)14(12,13)4-6(3-11)7(8,9)10/h5-6H,4H2,1-2H3. The first kappa shape index (κ1) is 13.2. The summed E-state index contributed by atoms with van der Waals surface area (Å²) in [5, 5.41) is 7.27. The smallest absolute Gasteiger partial charge is 0.229 e. The minimum atomic E-state index is -4.78. The van der Waals surface area contributed by atoms with Crippen molar-refractivity contribution < 1.29 is 21.6 Å². The molecule has 0 rings (SSSR count). The molecule has 0 radical (unpaired) electrons. The molecule has 3 nitrogen and oxygen atoms in total. The molecule has 0 N–H and O–H groups in total. The van der Waals surface area contributed by atoms with Crippen LogP contribution in [0.15, 0.2) is 0 Å². The molecule has 0 spiro atoms. The maximum absolute atomic E-state index is 12.0. The lowest BCUT2D eigenvalue weighted by Crippen LogP contribution is -2.31. The summed E-state index contributed by atoms with van der Waals surface area (Å²) in [5.74, 6) is -3.60. The van der Waals surface area contributed by atoms with Gasteiger partial charge in [-0.25, -0.2) is 8.42 Å². The molecule has 0 aliphatic heterocycles. The van der Waals surface area contributed by atoms with Crippen LogP contribution in [0.5, 0.6) is 0 Å². The molecule has 0 aromatic rings. The molecule has 14 heavy (non-hydrogen) atoms. The average Bonchev–Trinajstić information content (AvgIpc) is 1.97. The van der Waals surface area contributed by atoms with Crippen molar-refractivity contribution in [2.75, 3.05) is 5.75 Å². The van der Waals surface area contributed by atoms with Gasteiger partial charge in [0.2, 0.25) is 0 Å². The predicted octanol–water partition coefficient (Wildman–Crippen LogP) is 1.51. The summed E-state index contributed by atoms with van der Waals surface area (Å²) < 4.78 is 58.3. The Morgan fingerprint density at radius 2 is 1.79 bits per heavy atom. The highest BCUT2D eigenvalue weighted by Crippen LogP contribution is 2.27. The zero-order valence-corrected chi connectivity index (χ0v) is 8.48. The number of hydrogen-bond donors (Lipinski definition) is 0. The molecule has 0 aliphatic rings. The van der Waals surface area contributed by atoms with Crippen molar-refractivity contribution in [2.45, 2.75) is 25.3 Å². The lowest BCUT2D eigenvalue weighted by Gasteiger charge is -2.14. The van der Waals surface area contributed by atoms with Gasteiger partial charge in [-0.3, -0.25) is 0 Å². The van der Waals surface area contributed by atoms with E-state index in [4.69, 9.17) is 5.26 Å². The third-order valence-corrected chi connectivity index (χ3v) is 3.90. The van der Waals surface area contributed by atoms with E-state index < -0.39 is 32.9 Å². The second-order valence-electron chi connectivity index (χ2n) is 3.10. The third kappa shape index (κ3) is 3.54. The molecule has 0 aromatic heterocycles. The monoisotopic (exact) mass is 229 g/mol. The number of alkyl halides is 3. The van der Waals surface area contributed by atoms with Gasteiger partial charge in [0, 0.05) is 0 Å². The highest BCUT2D eigenvalue weighted by molar-refractivity contribution is 7.91. The Morgan fingerprint density at radius 1 is 1.36 bits per heavy atom. The highest BCUT2D eigenvalue weighted by Gasteiger charge is 2.43. The molecule has 1 unspecified atom stereocenters. The molecular formula is C7H10F3NO2S. The number of sulfone groups is 1. The van der Waals surface area contributed by atoms with Gasteiger partial charge in [0.05, 0.1) is 17.1 Å². The van der Waals surface area contributed by atoms with E-state index in [2.05, 4.69) is 0 Å². The molecule has 0 heterocycles. The predicted molar refractivity (Wildman–Crippen MR) is 44.1 cm³/mol. The largest absolute Gasteiger partial charge is 0.405 e. The van der Waals surface area contributed by atoms with Gasteiger partial charge in [0.25, 0.3) is 0 Å². The first-order valence-corrected chi connectivity index (χ1v) is 5.50. The van der Waals surface area contributed by atoms with Gasteiger partial charge in [-0.05, 0) is 13.8 Å². The topological polar surface area (TPSA) is 57.9 Å². The van der Waals surface area contributed by atoms with E-state index >= 15 is 0 Å². The van der Waals surface area contributed by atoms with Crippen molar-refractivity contribution in [1.29, 1.82) is 5.26 Å². The Balaban J connectivity index is 4.77. The maximum Gasteiger partial charge on any atom is 0.405 e. The number of nitriles is 1. The van der Waals surface area contributed by atoms with E-state index in [9.17, 15) is 21.6 Å². The minimum Gasteiger partial charge on any atom is -0.229 e. The molecule has 0 fully saturated rings. The van der Waals surface area contributed by atoms with Crippen LogP contribution < -0.4 is 0 Å². The second-order valence-corrected chi connectivity index (χ2v) is 5.70. The van der Waals surface area contributed by atoms with Gasteiger partial charge in [0.15, 0.2) is 15.8 Å². The van der Waals surface area contributed by atoms with Crippen molar-refractivity contribution in [2.24, 2.45) is 5.92 Å². The van der Waals surface area contributed by atoms with Crippen LogP contribution in [0.1, 0.15) is 13.8 Å². The average molecular weight is 229 g/mol. The molecular weight excluding hydrogens is 219 g/mol. The van der Waals surface area contributed by atoms with E-state index in [1.54, 1.807) is 0 Å². The Labute approximate surface area is 80.4 Å². The van der Waals surface area contributed by atoms with Gasteiger partial charge in [0.1, 0.15) is 0 Å². The van der Waals surface area contributed by atoms with E-state index in [1.807, 2.05) is 0 Å². The molecule has 0 saturated carbocycles. The zero-order valence-electron chi connectivity index (χ0n) is 7.67. The van der Waals surface area contributed by atoms with Gasteiger partial charge >= 0.3 is 6.18 Å². The summed E-state index contributed by atoms with van der Waals surface area (Å²) in [6, 6.07) is 0.949. The number of halogens is 3. The minimum absolute atomic E-state index is 0.902. The summed E-state index contributed by atoms with van der Waals surface area (Å²) >= 11 is 0. The van der Waals surface area contributed by atoms with Crippen molar-refractivity contribution >= 4 is 9.84 Å². The molecule has 0 aliphatic carbocycles. The van der Waals surface area contributed by atoms with Crippen molar-refractivity contribution in [3.8, 4) is 6.07 Å². The molecule has 7 heteroatoms. The SMILES string of the molecule is CC(C)S(=O)(=O)CC(C#N)C(F)(F)F. The van der Waals surface area contributed by atoms with E-state index in [0.717, 1.165) is 6.07 Å². The Kier molecular flexibility index (Phi) is 3.94. The Hall–Kier alpha value is -0.770. The fourth-order valence-electron chi connectivity index (χ4n) is 0.630. The summed E-state index contributed by atoms with van der Waals surface area (Å²) in [7, 11) is -3.84. The maximum atomic E-state index is 12.0. The van der Waals surface area contributed by atoms with Gasteiger partial charge in [-0.1, -0.05) is 0 Å². The molecule has 1 atom stereocenters. The van der Waals surface area contributed by atoms with Crippen LogP contribution in [0.25, 0.3) is 0 Å². The van der Waals surface area contributed by atoms with E-state index in [1.165, 1.54) is 13.8 Å². The van der Waals surface area contributed by atoms with Crippen LogP contribution in [-0.4, -0.2) is 25.6 Å². The lowest BCUT2D eigenvalue weighted by atomic mass is 10.2. The zero-order chi connectivity index (χ0) is 11.6. The number of nitrogens with zero attached hydrogens (tertiary/aromatic N) is 1. The molecule has 0 amide bonds. The quantitative estimate of drug-likeness (QED) is 0.737. The highest BCUT2D eigenvalue weighted by atomic mass is 32.2. The van der Waals surface area contributed by atoms with Gasteiger partial charge < -0.3 is 0 Å². The van der Waals surface area contributed by atoms with Crippen LogP contribution in [0.4, 0.5) is 13.2 Å². The first-order valence-electron chi connectivity index (χ1n) is 3.79. The fourth-order valence-corrected chi connectivity index (χ4v) is 1.74. The van der Waals surface area contributed by atoms with Gasteiger partial charge in [-0.15, -0.1) is 0 Å². The molecule has 0 aromatic carbocycles. The van der Waals surface area contributed by atoms with Gasteiger partial charge in [-0.2, -0.15) is 18.4 Å². The van der Waals surface area contributed by atoms with E-state index in [-0.39, 0.29) is 0 Å². The molecule has 0 saturated heterocycles. The first-order chi connectivity index (χ1) is 6.11. The summed E-state index contributed by atoms with van der Waals surface area (Å²) in [6.45, 7) is 2.56. The van der Waals surface area contributed by atoms with Crippen molar-refractivity contribution in [1.82, 2.24) is 0 Å². The number of hydrogen-bond acceptors (Lipinski definition) is 3. The number of rotatable bonds is 3. The van der Waals surface area contributed by atoms with Crippen molar-refractivity contribution in [3.05, 3.63) is 0 Å². The summed E-state index contributed by atoms with van der Waals surface area (Å²) in [4.78, 5) is 0.